The van der Waals surface area contributed by atoms with E-state index in [2.05, 4.69) is 20.7 Å². The van der Waals surface area contributed by atoms with E-state index >= 15 is 0 Å². The number of nitrogens with one attached hydrogen (secondary N) is 2. The molecule has 0 unspecified atom stereocenters. The number of aromatic nitrogens is 3. The van der Waals surface area contributed by atoms with Crippen molar-refractivity contribution in [2.75, 3.05) is 37.7 Å². The number of morpholine rings is 1. The summed E-state index contributed by atoms with van der Waals surface area (Å²) in [6.07, 6.45) is 1.72. The summed E-state index contributed by atoms with van der Waals surface area (Å²) in [5, 5.41) is 14.0. The lowest BCUT2D eigenvalue weighted by Crippen LogP contribution is -2.36. The van der Waals surface area contributed by atoms with Crippen molar-refractivity contribution in [3.05, 3.63) is 28.8 Å². The molecule has 8 nitrogen and oxygen atoms in total. The summed E-state index contributed by atoms with van der Waals surface area (Å²) in [7, 11) is 0. The molecule has 2 N–H and O–H groups in total. The van der Waals surface area contributed by atoms with Crippen LogP contribution in [0.3, 0.4) is 0 Å². The van der Waals surface area contributed by atoms with Gasteiger partial charge in [0.05, 0.1) is 18.9 Å². The maximum atomic E-state index is 12.1. The maximum Gasteiger partial charge on any atom is 0.289 e. The van der Waals surface area contributed by atoms with Gasteiger partial charge in [-0.2, -0.15) is 5.10 Å². The van der Waals surface area contributed by atoms with E-state index in [1.165, 1.54) is 5.56 Å². The molecule has 0 spiro atoms. The number of H-pyrrole nitrogens is 1. The standard InChI is InChI=1S/C16H23N5O3/c1-11-13(12(2)19-18-11)4-3-5-17-16(22)14-10-15(20-24-14)21-6-8-23-9-7-21/h10H,3-9H2,1-2H3,(H,17,22)(H,18,19). The number of aromatic amines is 1. The molecule has 1 aliphatic heterocycles. The lowest BCUT2D eigenvalue weighted by atomic mass is 10.1. The predicted octanol–water partition coefficient (Wildman–Crippen LogP) is 1.21. The molecule has 0 atom stereocenters. The molecule has 1 saturated heterocycles. The highest BCUT2D eigenvalue weighted by Gasteiger charge is 2.18. The van der Waals surface area contributed by atoms with Crippen molar-refractivity contribution >= 4 is 11.7 Å². The highest BCUT2D eigenvalue weighted by Crippen LogP contribution is 2.16. The minimum absolute atomic E-state index is 0.234. The lowest BCUT2D eigenvalue weighted by Gasteiger charge is -2.25. The van der Waals surface area contributed by atoms with Crippen LogP contribution in [-0.2, 0) is 11.2 Å². The van der Waals surface area contributed by atoms with Crippen molar-refractivity contribution in [2.45, 2.75) is 26.7 Å². The second kappa shape index (κ2) is 7.48. The Labute approximate surface area is 140 Å². The van der Waals surface area contributed by atoms with E-state index in [0.717, 1.165) is 37.3 Å². The molecule has 24 heavy (non-hydrogen) atoms. The van der Waals surface area contributed by atoms with Gasteiger partial charge in [-0.25, -0.2) is 0 Å². The molecular formula is C16H23N5O3. The third-order valence-corrected chi connectivity index (χ3v) is 4.23. The zero-order valence-electron chi connectivity index (χ0n) is 14.1. The number of rotatable bonds is 6. The number of hydrogen-bond donors (Lipinski definition) is 2. The van der Waals surface area contributed by atoms with Crippen LogP contribution in [-0.4, -0.2) is 54.1 Å². The predicted molar refractivity (Wildman–Crippen MR) is 88.3 cm³/mol. The molecular weight excluding hydrogens is 310 g/mol. The minimum atomic E-state index is -0.234. The Morgan fingerprint density at radius 1 is 1.38 bits per heavy atom. The van der Waals surface area contributed by atoms with Crippen molar-refractivity contribution in [3.63, 3.8) is 0 Å². The fraction of sp³-hybridized carbons (Fsp3) is 0.562. The van der Waals surface area contributed by atoms with E-state index in [0.29, 0.717) is 25.6 Å². The van der Waals surface area contributed by atoms with Gasteiger partial charge in [0.1, 0.15) is 0 Å². The number of carbonyl (C=O) groups is 1. The van der Waals surface area contributed by atoms with Gasteiger partial charge in [-0.1, -0.05) is 5.16 Å². The highest BCUT2D eigenvalue weighted by atomic mass is 16.5. The molecule has 1 fully saturated rings. The van der Waals surface area contributed by atoms with Crippen LogP contribution in [0.1, 0.15) is 33.9 Å². The van der Waals surface area contributed by atoms with Gasteiger partial charge in [0.2, 0.25) is 5.76 Å². The Balaban J connectivity index is 1.46. The van der Waals surface area contributed by atoms with Crippen molar-refractivity contribution in [1.82, 2.24) is 20.7 Å². The van der Waals surface area contributed by atoms with Crippen LogP contribution in [0.5, 0.6) is 0 Å². The Morgan fingerprint density at radius 3 is 2.88 bits per heavy atom. The summed E-state index contributed by atoms with van der Waals surface area (Å²) >= 11 is 0. The number of anilines is 1. The molecule has 8 heteroatoms. The molecule has 130 valence electrons. The van der Waals surface area contributed by atoms with Crippen LogP contribution in [0.2, 0.25) is 0 Å². The van der Waals surface area contributed by atoms with Gasteiger partial charge in [-0.05, 0) is 32.3 Å². The fourth-order valence-corrected chi connectivity index (χ4v) is 2.81. The van der Waals surface area contributed by atoms with Crippen molar-refractivity contribution < 1.29 is 14.1 Å². The number of hydrogen-bond acceptors (Lipinski definition) is 6. The quantitative estimate of drug-likeness (QED) is 0.772. The van der Waals surface area contributed by atoms with E-state index < -0.39 is 0 Å². The molecule has 0 saturated carbocycles. The van der Waals surface area contributed by atoms with Crippen LogP contribution in [0, 0.1) is 13.8 Å². The molecule has 0 aromatic carbocycles. The Kier molecular flexibility index (Phi) is 5.14. The normalized spacial score (nSPS) is 14.8. The Bertz CT molecular complexity index is 668. The van der Waals surface area contributed by atoms with E-state index in [1.807, 2.05) is 18.7 Å². The third kappa shape index (κ3) is 3.76. The first-order chi connectivity index (χ1) is 11.6. The zero-order valence-corrected chi connectivity index (χ0v) is 14.1. The summed E-state index contributed by atoms with van der Waals surface area (Å²) in [6.45, 7) is 7.43. The number of ether oxygens (including phenoxy) is 1. The van der Waals surface area contributed by atoms with E-state index in [4.69, 9.17) is 9.26 Å². The van der Waals surface area contributed by atoms with E-state index in [-0.39, 0.29) is 11.7 Å². The van der Waals surface area contributed by atoms with Gasteiger partial charge in [0.25, 0.3) is 5.91 Å². The first kappa shape index (κ1) is 16.5. The van der Waals surface area contributed by atoms with Crippen LogP contribution in [0.15, 0.2) is 10.6 Å². The van der Waals surface area contributed by atoms with Crippen molar-refractivity contribution in [3.8, 4) is 0 Å². The highest BCUT2D eigenvalue weighted by molar-refractivity contribution is 5.92. The Morgan fingerprint density at radius 2 is 2.17 bits per heavy atom. The maximum absolute atomic E-state index is 12.1. The first-order valence-electron chi connectivity index (χ1n) is 8.23. The summed E-state index contributed by atoms with van der Waals surface area (Å²) in [4.78, 5) is 14.2. The summed E-state index contributed by atoms with van der Waals surface area (Å²) < 4.78 is 10.5. The van der Waals surface area contributed by atoms with Crippen LogP contribution in [0.4, 0.5) is 5.82 Å². The third-order valence-electron chi connectivity index (χ3n) is 4.23. The average Bonchev–Trinajstić information content (AvgIpc) is 3.21. The molecule has 0 bridgehead atoms. The smallest absolute Gasteiger partial charge is 0.289 e. The summed E-state index contributed by atoms with van der Waals surface area (Å²) in [5.41, 5.74) is 3.33. The molecule has 3 rings (SSSR count). The number of nitrogens with zero attached hydrogens (tertiary/aromatic N) is 3. The second-order valence-corrected chi connectivity index (χ2v) is 5.92. The van der Waals surface area contributed by atoms with Crippen LogP contribution in [0.25, 0.3) is 0 Å². The molecule has 2 aromatic rings. The van der Waals surface area contributed by atoms with E-state index in [1.54, 1.807) is 6.07 Å². The second-order valence-electron chi connectivity index (χ2n) is 5.92. The molecule has 2 aromatic heterocycles. The number of amides is 1. The summed E-state index contributed by atoms with van der Waals surface area (Å²) in [5.74, 6) is 0.697. The van der Waals surface area contributed by atoms with Crippen molar-refractivity contribution in [2.24, 2.45) is 0 Å². The largest absolute Gasteiger partial charge is 0.378 e. The number of carbonyl (C=O) groups excluding carboxylic acids is 1. The van der Waals surface area contributed by atoms with Gasteiger partial charge in [-0.3, -0.25) is 9.89 Å². The van der Waals surface area contributed by atoms with Crippen LogP contribution >= 0.6 is 0 Å². The molecule has 3 heterocycles. The Hall–Kier alpha value is -2.35. The van der Waals surface area contributed by atoms with Gasteiger partial charge >= 0.3 is 0 Å². The van der Waals surface area contributed by atoms with Gasteiger partial charge in [-0.15, -0.1) is 0 Å². The topological polar surface area (TPSA) is 96.3 Å². The fourth-order valence-electron chi connectivity index (χ4n) is 2.81. The van der Waals surface area contributed by atoms with Gasteiger partial charge < -0.3 is 19.5 Å². The monoisotopic (exact) mass is 333 g/mol. The first-order valence-corrected chi connectivity index (χ1v) is 8.23. The number of aryl methyl sites for hydroxylation is 2. The SMILES string of the molecule is Cc1n[nH]c(C)c1CCCNC(=O)c1cc(N2CCOCC2)no1. The van der Waals surface area contributed by atoms with E-state index in [9.17, 15) is 4.79 Å². The zero-order chi connectivity index (χ0) is 16.9. The van der Waals surface area contributed by atoms with Gasteiger partial charge in [0.15, 0.2) is 5.82 Å². The average molecular weight is 333 g/mol. The molecule has 0 radical (unpaired) electrons. The minimum Gasteiger partial charge on any atom is -0.378 e. The molecule has 1 aliphatic rings. The van der Waals surface area contributed by atoms with Crippen molar-refractivity contribution in [1.29, 1.82) is 0 Å². The molecule has 1 amide bonds. The molecule has 0 aliphatic carbocycles. The van der Waals surface area contributed by atoms with Crippen LogP contribution < -0.4 is 10.2 Å². The van der Waals surface area contributed by atoms with Gasteiger partial charge in [0, 0.05) is 31.4 Å². The lowest BCUT2D eigenvalue weighted by molar-refractivity contribution is 0.0916. The summed E-state index contributed by atoms with van der Waals surface area (Å²) in [6, 6.07) is 1.69.